The van der Waals surface area contributed by atoms with Crippen LogP contribution in [0.15, 0.2) is 40.7 Å². The van der Waals surface area contributed by atoms with Gasteiger partial charge in [0.05, 0.1) is 22.2 Å². The van der Waals surface area contributed by atoms with Crippen LogP contribution in [-0.4, -0.2) is 31.6 Å². The standard InChI is InChI=1S/C21H23Cl2NO4/c1-3-27-10-11-28-21(26)17-12(2)24-15-8-5-9-16(25)19(15)18(17)13-6-4-7-14(22)20(13)23/h4,6-7,18,24H,3,5,8-11H2,1-2H3/t18-/m1/s1. The number of carbonyl (C=O) groups is 2. The van der Waals surface area contributed by atoms with Crippen LogP contribution in [0, 0.1) is 0 Å². The van der Waals surface area contributed by atoms with E-state index in [1.54, 1.807) is 18.2 Å². The SMILES string of the molecule is CCOCCOC(=O)C1=C(C)NC2=C(C(=O)CCC2)[C@@H]1c1cccc(Cl)c1Cl. The van der Waals surface area contributed by atoms with Crippen LogP contribution in [0.4, 0.5) is 0 Å². The Morgan fingerprint density at radius 2 is 2.04 bits per heavy atom. The number of hydrogen-bond acceptors (Lipinski definition) is 5. The highest BCUT2D eigenvalue weighted by molar-refractivity contribution is 6.42. The first-order chi connectivity index (χ1) is 13.5. The van der Waals surface area contributed by atoms with Gasteiger partial charge in [-0.25, -0.2) is 4.79 Å². The van der Waals surface area contributed by atoms with Gasteiger partial charge >= 0.3 is 5.97 Å². The highest BCUT2D eigenvalue weighted by Crippen LogP contribution is 2.45. The first-order valence-corrected chi connectivity index (χ1v) is 10.1. The highest BCUT2D eigenvalue weighted by Gasteiger charge is 2.40. The van der Waals surface area contributed by atoms with Crippen LogP contribution in [0.25, 0.3) is 0 Å². The summed E-state index contributed by atoms with van der Waals surface area (Å²) in [6.07, 6.45) is 1.97. The van der Waals surface area contributed by atoms with Gasteiger partial charge in [0.15, 0.2) is 5.78 Å². The predicted molar refractivity (Wildman–Crippen MR) is 108 cm³/mol. The van der Waals surface area contributed by atoms with Gasteiger partial charge in [-0.3, -0.25) is 4.79 Å². The lowest BCUT2D eigenvalue weighted by Gasteiger charge is -2.34. The minimum Gasteiger partial charge on any atom is -0.460 e. The second-order valence-corrected chi connectivity index (χ2v) is 7.53. The number of hydrogen-bond donors (Lipinski definition) is 1. The lowest BCUT2D eigenvalue weighted by molar-refractivity contribution is -0.140. The molecule has 1 aliphatic heterocycles. The molecular weight excluding hydrogens is 401 g/mol. The minimum absolute atomic E-state index is 0.0157. The van der Waals surface area contributed by atoms with E-state index in [1.807, 2.05) is 13.8 Å². The number of esters is 1. The fourth-order valence-electron chi connectivity index (χ4n) is 3.72. The topological polar surface area (TPSA) is 64.6 Å². The van der Waals surface area contributed by atoms with E-state index in [0.717, 1.165) is 18.5 Å². The molecule has 0 fully saturated rings. The lowest BCUT2D eigenvalue weighted by Crippen LogP contribution is -2.34. The van der Waals surface area contributed by atoms with Gasteiger partial charge in [-0.2, -0.15) is 0 Å². The number of allylic oxidation sites excluding steroid dienone is 3. The van der Waals surface area contributed by atoms with Crippen LogP contribution in [0.3, 0.4) is 0 Å². The Morgan fingerprint density at radius 1 is 1.25 bits per heavy atom. The van der Waals surface area contributed by atoms with Gasteiger partial charge in [0, 0.05) is 35.9 Å². The quantitative estimate of drug-likeness (QED) is 0.537. The van der Waals surface area contributed by atoms with Crippen molar-refractivity contribution in [3.8, 4) is 0 Å². The first kappa shape index (κ1) is 20.9. The van der Waals surface area contributed by atoms with E-state index >= 15 is 0 Å². The van der Waals surface area contributed by atoms with Crippen molar-refractivity contribution in [2.24, 2.45) is 0 Å². The van der Waals surface area contributed by atoms with Crippen molar-refractivity contribution in [3.05, 3.63) is 56.3 Å². The molecule has 1 atom stereocenters. The normalized spacial score (nSPS) is 19.4. The number of carbonyl (C=O) groups excluding carboxylic acids is 2. The molecule has 3 rings (SSSR count). The zero-order valence-corrected chi connectivity index (χ0v) is 17.5. The predicted octanol–water partition coefficient (Wildman–Crippen LogP) is 4.54. The van der Waals surface area contributed by atoms with Crippen LogP contribution in [0.5, 0.6) is 0 Å². The van der Waals surface area contributed by atoms with Crippen molar-refractivity contribution >= 4 is 35.0 Å². The number of benzene rings is 1. The van der Waals surface area contributed by atoms with Crippen LogP contribution in [0.1, 0.15) is 44.6 Å². The third kappa shape index (κ3) is 4.12. The Labute approximate surface area is 174 Å². The van der Waals surface area contributed by atoms with Gasteiger partial charge in [0.25, 0.3) is 0 Å². The second kappa shape index (κ2) is 9.12. The summed E-state index contributed by atoms with van der Waals surface area (Å²) in [4.78, 5) is 25.8. The maximum Gasteiger partial charge on any atom is 0.336 e. The van der Waals surface area contributed by atoms with Gasteiger partial charge in [0.1, 0.15) is 6.61 Å². The van der Waals surface area contributed by atoms with Crippen molar-refractivity contribution in [1.29, 1.82) is 0 Å². The van der Waals surface area contributed by atoms with E-state index in [0.29, 0.717) is 52.1 Å². The summed E-state index contributed by atoms with van der Waals surface area (Å²) < 4.78 is 10.7. The Hall–Kier alpha value is -1.82. The number of halogens is 2. The molecule has 0 radical (unpaired) electrons. The van der Waals surface area contributed by atoms with E-state index in [2.05, 4.69) is 5.32 Å². The largest absolute Gasteiger partial charge is 0.460 e. The Bertz CT molecular complexity index is 860. The van der Waals surface area contributed by atoms with Gasteiger partial charge in [-0.15, -0.1) is 0 Å². The van der Waals surface area contributed by atoms with Crippen LogP contribution in [0.2, 0.25) is 10.0 Å². The maximum absolute atomic E-state index is 12.9. The van der Waals surface area contributed by atoms with Crippen molar-refractivity contribution in [3.63, 3.8) is 0 Å². The zero-order chi connectivity index (χ0) is 20.3. The first-order valence-electron chi connectivity index (χ1n) is 9.38. The summed E-state index contributed by atoms with van der Waals surface area (Å²) in [6.45, 7) is 4.69. The van der Waals surface area contributed by atoms with Crippen LogP contribution in [-0.2, 0) is 19.1 Å². The van der Waals surface area contributed by atoms with E-state index in [1.165, 1.54) is 0 Å². The molecule has 0 saturated carbocycles. The molecule has 28 heavy (non-hydrogen) atoms. The van der Waals surface area contributed by atoms with E-state index in [4.69, 9.17) is 32.7 Å². The van der Waals surface area contributed by atoms with E-state index in [9.17, 15) is 9.59 Å². The van der Waals surface area contributed by atoms with E-state index < -0.39 is 11.9 Å². The summed E-state index contributed by atoms with van der Waals surface area (Å²) in [5.41, 5.74) is 3.11. The van der Waals surface area contributed by atoms with Crippen molar-refractivity contribution in [1.82, 2.24) is 5.32 Å². The molecule has 1 heterocycles. The average molecular weight is 424 g/mol. The summed E-state index contributed by atoms with van der Waals surface area (Å²) in [5, 5.41) is 3.97. The summed E-state index contributed by atoms with van der Waals surface area (Å²) in [5.74, 6) is -1.08. The molecule has 0 bridgehead atoms. The van der Waals surface area contributed by atoms with Gasteiger partial charge in [-0.1, -0.05) is 35.3 Å². The van der Waals surface area contributed by atoms with Gasteiger partial charge in [-0.05, 0) is 38.3 Å². The van der Waals surface area contributed by atoms with Gasteiger partial charge < -0.3 is 14.8 Å². The third-order valence-corrected chi connectivity index (χ3v) is 5.79. The molecule has 0 amide bonds. The molecule has 2 aliphatic rings. The highest BCUT2D eigenvalue weighted by atomic mass is 35.5. The lowest BCUT2D eigenvalue weighted by atomic mass is 9.75. The Morgan fingerprint density at radius 3 is 2.79 bits per heavy atom. The average Bonchev–Trinajstić information content (AvgIpc) is 2.66. The third-order valence-electron chi connectivity index (χ3n) is 4.95. The number of nitrogens with one attached hydrogen (secondary N) is 1. The molecule has 7 heteroatoms. The van der Waals surface area contributed by atoms with Crippen molar-refractivity contribution in [2.75, 3.05) is 19.8 Å². The Kier molecular flexibility index (Phi) is 6.81. The molecule has 1 aliphatic carbocycles. The fraction of sp³-hybridized carbons (Fsp3) is 0.429. The molecule has 150 valence electrons. The summed E-state index contributed by atoms with van der Waals surface area (Å²) in [6, 6.07) is 5.26. The van der Waals surface area contributed by atoms with Crippen molar-refractivity contribution in [2.45, 2.75) is 39.0 Å². The summed E-state index contributed by atoms with van der Waals surface area (Å²) in [7, 11) is 0. The molecule has 1 N–H and O–H groups in total. The number of dihydropyridines is 1. The van der Waals surface area contributed by atoms with Crippen LogP contribution < -0.4 is 5.32 Å². The number of ether oxygens (including phenoxy) is 2. The number of rotatable bonds is 6. The van der Waals surface area contributed by atoms with Crippen molar-refractivity contribution < 1.29 is 19.1 Å². The molecule has 0 saturated heterocycles. The molecule has 0 aromatic heterocycles. The monoisotopic (exact) mass is 423 g/mol. The zero-order valence-electron chi connectivity index (χ0n) is 15.9. The second-order valence-electron chi connectivity index (χ2n) is 6.74. The maximum atomic E-state index is 12.9. The van der Waals surface area contributed by atoms with Crippen LogP contribution >= 0.6 is 23.2 Å². The minimum atomic E-state index is -0.602. The molecule has 1 aromatic carbocycles. The number of ketones is 1. The Balaban J connectivity index is 2.04. The van der Waals surface area contributed by atoms with Gasteiger partial charge in [0.2, 0.25) is 0 Å². The van der Waals surface area contributed by atoms with E-state index in [-0.39, 0.29) is 12.4 Å². The molecule has 0 spiro atoms. The smallest absolute Gasteiger partial charge is 0.336 e. The summed E-state index contributed by atoms with van der Waals surface area (Å²) >= 11 is 12.7. The fourth-order valence-corrected chi connectivity index (χ4v) is 4.14. The molecular formula is C21H23Cl2NO4. The molecule has 0 unspecified atom stereocenters. The molecule has 5 nitrogen and oxygen atoms in total. The number of Topliss-reactive ketones (excluding diaryl/α,β-unsaturated/α-hetero) is 1. The molecule has 1 aromatic rings.